The van der Waals surface area contributed by atoms with Crippen LogP contribution in [0, 0.1) is 20.8 Å². The molecule has 0 saturated carbocycles. The number of benzene rings is 1. The quantitative estimate of drug-likeness (QED) is 0.608. The molecule has 2 heterocycles. The number of carbonyl (C=O) groups excluding carboxylic acids is 1. The Labute approximate surface area is 176 Å². The molecule has 0 saturated heterocycles. The van der Waals surface area contributed by atoms with Crippen LogP contribution < -0.4 is 5.32 Å². The van der Waals surface area contributed by atoms with Crippen LogP contribution in [0.3, 0.4) is 0 Å². The Morgan fingerprint density at radius 1 is 1.14 bits per heavy atom. The third kappa shape index (κ3) is 4.37. The summed E-state index contributed by atoms with van der Waals surface area (Å²) in [5.41, 5.74) is 4.88. The first-order chi connectivity index (χ1) is 13.7. The Balaban J connectivity index is 1.78. The Morgan fingerprint density at radius 2 is 1.76 bits per heavy atom. The van der Waals surface area contributed by atoms with Gasteiger partial charge in [-0.15, -0.1) is 0 Å². The Bertz CT molecular complexity index is 1020. The minimum atomic E-state index is -0.273. The second-order valence-corrected chi connectivity index (χ2v) is 8.10. The zero-order chi connectivity index (χ0) is 21.3. The van der Waals surface area contributed by atoms with E-state index in [1.54, 1.807) is 11.6 Å². The molecular weight excluding hydrogens is 388 g/mol. The van der Waals surface area contributed by atoms with Gasteiger partial charge in [0.2, 0.25) is 0 Å². The second kappa shape index (κ2) is 8.41. The van der Waals surface area contributed by atoms with Crippen molar-refractivity contribution >= 4 is 17.5 Å². The fourth-order valence-electron chi connectivity index (χ4n) is 3.25. The van der Waals surface area contributed by atoms with Gasteiger partial charge in [0, 0.05) is 5.56 Å². The van der Waals surface area contributed by atoms with E-state index in [1.165, 1.54) is 5.56 Å². The molecule has 3 rings (SSSR count). The van der Waals surface area contributed by atoms with Gasteiger partial charge in [-0.05, 0) is 44.7 Å². The number of nitrogens with one attached hydrogen (secondary N) is 1. The van der Waals surface area contributed by atoms with Crippen LogP contribution in [0.15, 0.2) is 28.8 Å². The highest BCUT2D eigenvalue weighted by molar-refractivity contribution is 6.31. The fraction of sp³-hybridized carbons (Fsp3) is 0.409. The van der Waals surface area contributed by atoms with Crippen molar-refractivity contribution in [1.29, 1.82) is 0 Å². The van der Waals surface area contributed by atoms with Crippen molar-refractivity contribution in [2.24, 2.45) is 0 Å². The van der Waals surface area contributed by atoms with Crippen LogP contribution in [-0.2, 0) is 6.54 Å². The molecule has 0 radical (unpaired) electrons. The van der Waals surface area contributed by atoms with E-state index in [0.717, 1.165) is 17.0 Å². The molecule has 1 atom stereocenters. The van der Waals surface area contributed by atoms with Gasteiger partial charge in [-0.2, -0.15) is 5.10 Å². The van der Waals surface area contributed by atoms with Gasteiger partial charge in [0.25, 0.3) is 5.91 Å². The summed E-state index contributed by atoms with van der Waals surface area (Å²) in [4.78, 5) is 12.9. The van der Waals surface area contributed by atoms with Gasteiger partial charge < -0.3 is 9.84 Å². The van der Waals surface area contributed by atoms with E-state index in [0.29, 0.717) is 28.8 Å². The molecule has 7 heteroatoms. The minimum Gasteiger partial charge on any atom is -0.361 e. The summed E-state index contributed by atoms with van der Waals surface area (Å²) in [5, 5.41) is 12.1. The van der Waals surface area contributed by atoms with E-state index in [1.807, 2.05) is 32.9 Å². The average molecular weight is 415 g/mol. The highest BCUT2D eigenvalue weighted by Crippen LogP contribution is 2.23. The third-order valence-electron chi connectivity index (χ3n) is 5.25. The number of aryl methyl sites for hydroxylation is 2. The van der Waals surface area contributed by atoms with Crippen LogP contribution in [0.2, 0.25) is 5.02 Å². The first kappa shape index (κ1) is 21.1. The van der Waals surface area contributed by atoms with Crippen LogP contribution in [0.4, 0.5) is 0 Å². The second-order valence-electron chi connectivity index (χ2n) is 7.72. The smallest absolute Gasteiger partial charge is 0.274 e. The number of amides is 1. The standard InChI is InChI=1S/C22H27ClN4O2/c1-12(2)17-7-9-18(10-8-17)13(3)24-22(28)21-19(16(6)29-26-21)11-27-15(5)20(23)14(4)25-27/h7-10,12-13H,11H2,1-6H3,(H,24,28). The lowest BCUT2D eigenvalue weighted by molar-refractivity contribution is 0.0929. The highest BCUT2D eigenvalue weighted by Gasteiger charge is 2.23. The molecule has 0 aliphatic heterocycles. The molecular formula is C22H27ClN4O2. The summed E-state index contributed by atoms with van der Waals surface area (Å²) in [6, 6.07) is 8.14. The van der Waals surface area contributed by atoms with Gasteiger partial charge in [0.1, 0.15) is 5.76 Å². The number of halogens is 1. The molecule has 1 N–H and O–H groups in total. The van der Waals surface area contributed by atoms with E-state index in [9.17, 15) is 4.79 Å². The van der Waals surface area contributed by atoms with Gasteiger partial charge >= 0.3 is 0 Å². The Hall–Kier alpha value is -2.60. The van der Waals surface area contributed by atoms with Gasteiger partial charge in [-0.25, -0.2) is 0 Å². The van der Waals surface area contributed by atoms with Crippen LogP contribution in [0.5, 0.6) is 0 Å². The zero-order valence-electron chi connectivity index (χ0n) is 17.7. The molecule has 0 aliphatic carbocycles. The minimum absolute atomic E-state index is 0.156. The van der Waals surface area contributed by atoms with Crippen molar-refractivity contribution in [2.75, 3.05) is 0 Å². The number of hydrogen-bond acceptors (Lipinski definition) is 4. The molecule has 0 fully saturated rings. The molecule has 1 aromatic carbocycles. The average Bonchev–Trinajstić information content (AvgIpc) is 3.17. The number of rotatable bonds is 6. The topological polar surface area (TPSA) is 73.0 Å². The van der Waals surface area contributed by atoms with E-state index in [-0.39, 0.29) is 17.6 Å². The molecule has 2 aromatic heterocycles. The van der Waals surface area contributed by atoms with Crippen LogP contribution in [-0.4, -0.2) is 20.8 Å². The molecule has 0 aliphatic rings. The van der Waals surface area contributed by atoms with Crippen molar-refractivity contribution in [3.05, 3.63) is 68.8 Å². The summed E-state index contributed by atoms with van der Waals surface area (Å²) in [6.07, 6.45) is 0. The monoisotopic (exact) mass is 414 g/mol. The summed E-state index contributed by atoms with van der Waals surface area (Å²) in [5.74, 6) is 0.787. The summed E-state index contributed by atoms with van der Waals surface area (Å²) in [7, 11) is 0. The maximum absolute atomic E-state index is 12.9. The van der Waals surface area contributed by atoms with Gasteiger partial charge in [0.05, 0.1) is 29.0 Å². The van der Waals surface area contributed by atoms with Gasteiger partial charge in [-0.1, -0.05) is 54.9 Å². The maximum atomic E-state index is 12.9. The third-order valence-corrected chi connectivity index (χ3v) is 5.80. The molecule has 0 bridgehead atoms. The predicted molar refractivity (Wildman–Crippen MR) is 113 cm³/mol. The van der Waals surface area contributed by atoms with Gasteiger partial charge in [-0.3, -0.25) is 9.48 Å². The largest absolute Gasteiger partial charge is 0.361 e. The van der Waals surface area contributed by atoms with Crippen molar-refractivity contribution in [3.8, 4) is 0 Å². The van der Waals surface area contributed by atoms with E-state index in [4.69, 9.17) is 16.1 Å². The summed E-state index contributed by atoms with van der Waals surface area (Å²) < 4.78 is 7.08. The van der Waals surface area contributed by atoms with E-state index >= 15 is 0 Å². The lowest BCUT2D eigenvalue weighted by Gasteiger charge is -2.15. The molecule has 1 amide bonds. The van der Waals surface area contributed by atoms with Crippen molar-refractivity contribution < 1.29 is 9.32 Å². The first-order valence-corrected chi connectivity index (χ1v) is 10.1. The molecule has 6 nitrogen and oxygen atoms in total. The molecule has 0 spiro atoms. The van der Waals surface area contributed by atoms with Crippen LogP contribution >= 0.6 is 11.6 Å². The highest BCUT2D eigenvalue weighted by atomic mass is 35.5. The van der Waals surface area contributed by atoms with Crippen molar-refractivity contribution in [2.45, 2.75) is 60.0 Å². The molecule has 154 valence electrons. The van der Waals surface area contributed by atoms with E-state index in [2.05, 4.69) is 41.6 Å². The maximum Gasteiger partial charge on any atom is 0.274 e. The van der Waals surface area contributed by atoms with Crippen molar-refractivity contribution in [3.63, 3.8) is 0 Å². The molecule has 29 heavy (non-hydrogen) atoms. The lowest BCUT2D eigenvalue weighted by atomic mass is 9.99. The van der Waals surface area contributed by atoms with Crippen LogP contribution in [0.1, 0.15) is 77.1 Å². The number of aromatic nitrogens is 3. The fourth-order valence-corrected chi connectivity index (χ4v) is 3.39. The number of carbonyl (C=O) groups is 1. The Kier molecular flexibility index (Phi) is 6.13. The normalized spacial score (nSPS) is 12.4. The molecule has 1 unspecified atom stereocenters. The van der Waals surface area contributed by atoms with Crippen molar-refractivity contribution in [1.82, 2.24) is 20.3 Å². The van der Waals surface area contributed by atoms with Crippen LogP contribution in [0.25, 0.3) is 0 Å². The predicted octanol–water partition coefficient (Wildman–Crippen LogP) is 5.11. The summed E-state index contributed by atoms with van der Waals surface area (Å²) >= 11 is 6.25. The van der Waals surface area contributed by atoms with Gasteiger partial charge in [0.15, 0.2) is 5.69 Å². The number of hydrogen-bond donors (Lipinski definition) is 1. The molecule has 3 aromatic rings. The van der Waals surface area contributed by atoms with E-state index < -0.39 is 0 Å². The Morgan fingerprint density at radius 3 is 2.31 bits per heavy atom. The lowest BCUT2D eigenvalue weighted by Crippen LogP contribution is -2.28. The first-order valence-electron chi connectivity index (χ1n) is 9.74. The number of nitrogens with zero attached hydrogens (tertiary/aromatic N) is 3. The zero-order valence-corrected chi connectivity index (χ0v) is 18.5. The SMILES string of the molecule is Cc1nn(Cc2c(C(=O)NC(C)c3ccc(C(C)C)cc3)noc2C)c(C)c1Cl. The summed E-state index contributed by atoms with van der Waals surface area (Å²) in [6.45, 7) is 12.2.